The van der Waals surface area contributed by atoms with Gasteiger partial charge in [-0.3, -0.25) is 9.59 Å². The van der Waals surface area contributed by atoms with E-state index in [0.29, 0.717) is 29.5 Å². The third-order valence-electron chi connectivity index (χ3n) is 5.89. The van der Waals surface area contributed by atoms with Gasteiger partial charge in [0.25, 0.3) is 5.91 Å². The van der Waals surface area contributed by atoms with Crippen molar-refractivity contribution in [3.63, 3.8) is 0 Å². The molecule has 0 bridgehead atoms. The lowest BCUT2D eigenvalue weighted by molar-refractivity contribution is -0.130. The maximum absolute atomic E-state index is 12.8. The molecule has 3 heterocycles. The average molecular weight is 442 g/mol. The van der Waals surface area contributed by atoms with Crippen LogP contribution < -0.4 is 15.1 Å². The molecule has 2 amide bonds. The minimum Gasteiger partial charge on any atom is -0.368 e. The highest BCUT2D eigenvalue weighted by atomic mass is 35.5. The lowest BCUT2D eigenvalue weighted by atomic mass is 10.1. The van der Waals surface area contributed by atoms with Crippen molar-refractivity contribution in [1.29, 1.82) is 0 Å². The number of pyridine rings is 1. The summed E-state index contributed by atoms with van der Waals surface area (Å²) in [5.41, 5.74) is 1.60. The van der Waals surface area contributed by atoms with Crippen LogP contribution in [0.15, 0.2) is 42.6 Å². The third kappa shape index (κ3) is 5.28. The van der Waals surface area contributed by atoms with Crippen molar-refractivity contribution in [1.82, 2.24) is 15.2 Å². The molecule has 2 fully saturated rings. The van der Waals surface area contributed by atoms with Gasteiger partial charge in [0, 0.05) is 56.2 Å². The second-order valence-electron chi connectivity index (χ2n) is 7.95. The molecule has 0 saturated carbocycles. The summed E-state index contributed by atoms with van der Waals surface area (Å²) in [6, 6.07) is 11.3. The fraction of sp³-hybridized carbons (Fsp3) is 0.435. The summed E-state index contributed by atoms with van der Waals surface area (Å²) in [6.07, 6.45) is 5.14. The van der Waals surface area contributed by atoms with Gasteiger partial charge in [0.15, 0.2) is 0 Å². The zero-order chi connectivity index (χ0) is 21.6. The van der Waals surface area contributed by atoms with Crippen LogP contribution in [-0.4, -0.2) is 67.5 Å². The first-order chi connectivity index (χ1) is 15.1. The number of aromatic nitrogens is 1. The summed E-state index contributed by atoms with van der Waals surface area (Å²) >= 11 is 6.09. The maximum Gasteiger partial charge on any atom is 0.255 e. The van der Waals surface area contributed by atoms with E-state index in [1.165, 1.54) is 6.42 Å². The Morgan fingerprint density at radius 1 is 0.935 bits per heavy atom. The Labute approximate surface area is 188 Å². The largest absolute Gasteiger partial charge is 0.368 e. The number of hydrogen-bond acceptors (Lipinski definition) is 5. The monoisotopic (exact) mass is 441 g/mol. The van der Waals surface area contributed by atoms with E-state index in [0.717, 1.165) is 44.7 Å². The lowest BCUT2D eigenvalue weighted by Gasteiger charge is -2.36. The molecule has 7 nitrogen and oxygen atoms in total. The van der Waals surface area contributed by atoms with E-state index in [1.54, 1.807) is 23.2 Å². The number of piperazine rings is 1. The number of anilines is 2. The van der Waals surface area contributed by atoms with Crippen molar-refractivity contribution in [2.24, 2.45) is 0 Å². The molecule has 1 aromatic carbocycles. The first-order valence-corrected chi connectivity index (χ1v) is 11.3. The number of carbonyl (C=O) groups is 2. The van der Waals surface area contributed by atoms with Crippen LogP contribution in [0.25, 0.3) is 0 Å². The Morgan fingerprint density at radius 3 is 2.45 bits per heavy atom. The first kappa shape index (κ1) is 21.4. The van der Waals surface area contributed by atoms with E-state index in [4.69, 9.17) is 11.6 Å². The van der Waals surface area contributed by atoms with Crippen molar-refractivity contribution in [3.8, 4) is 0 Å². The van der Waals surface area contributed by atoms with Crippen LogP contribution in [-0.2, 0) is 4.79 Å². The summed E-state index contributed by atoms with van der Waals surface area (Å²) in [5, 5.41) is 3.50. The molecule has 0 aliphatic carbocycles. The fourth-order valence-corrected chi connectivity index (χ4v) is 4.37. The normalized spacial score (nSPS) is 16.9. The number of hydrogen-bond donors (Lipinski definition) is 1. The molecule has 0 unspecified atom stereocenters. The molecule has 164 valence electrons. The van der Waals surface area contributed by atoms with Gasteiger partial charge in [-0.2, -0.15) is 0 Å². The van der Waals surface area contributed by atoms with Crippen molar-refractivity contribution in [3.05, 3.63) is 53.2 Å². The van der Waals surface area contributed by atoms with Crippen LogP contribution in [0.4, 0.5) is 11.5 Å². The van der Waals surface area contributed by atoms with Crippen LogP contribution in [0.3, 0.4) is 0 Å². The van der Waals surface area contributed by atoms with Crippen LogP contribution in [0.5, 0.6) is 0 Å². The van der Waals surface area contributed by atoms with E-state index in [2.05, 4.69) is 20.1 Å². The van der Waals surface area contributed by atoms with E-state index in [1.807, 2.05) is 24.3 Å². The molecule has 4 rings (SSSR count). The highest BCUT2D eigenvalue weighted by Gasteiger charge is 2.23. The average Bonchev–Trinajstić information content (AvgIpc) is 2.83. The van der Waals surface area contributed by atoms with Gasteiger partial charge in [0.05, 0.1) is 12.1 Å². The molecule has 1 aromatic heterocycles. The van der Waals surface area contributed by atoms with Gasteiger partial charge in [-0.05, 0) is 49.6 Å². The van der Waals surface area contributed by atoms with E-state index in [-0.39, 0.29) is 18.4 Å². The molecule has 2 aliphatic heterocycles. The number of nitrogens with zero attached hydrogens (tertiary/aromatic N) is 4. The van der Waals surface area contributed by atoms with Crippen molar-refractivity contribution in [2.75, 3.05) is 55.6 Å². The number of carbonyl (C=O) groups excluding carboxylic acids is 2. The van der Waals surface area contributed by atoms with Gasteiger partial charge in [-0.25, -0.2) is 4.98 Å². The van der Waals surface area contributed by atoms with E-state index >= 15 is 0 Å². The number of benzene rings is 1. The molecule has 1 N–H and O–H groups in total. The Bertz CT molecular complexity index is 924. The zero-order valence-corrected chi connectivity index (χ0v) is 18.4. The van der Waals surface area contributed by atoms with Crippen molar-refractivity contribution < 1.29 is 9.59 Å². The molecule has 2 aliphatic rings. The lowest BCUT2D eigenvalue weighted by Crippen LogP contribution is -2.51. The molecule has 8 heteroatoms. The third-order valence-corrected chi connectivity index (χ3v) is 6.13. The zero-order valence-electron chi connectivity index (χ0n) is 17.6. The molecule has 31 heavy (non-hydrogen) atoms. The predicted octanol–water partition coefficient (Wildman–Crippen LogP) is 2.80. The Morgan fingerprint density at radius 2 is 1.71 bits per heavy atom. The summed E-state index contributed by atoms with van der Waals surface area (Å²) in [4.78, 5) is 36.1. The smallest absolute Gasteiger partial charge is 0.255 e. The Hall–Kier alpha value is -2.80. The van der Waals surface area contributed by atoms with Gasteiger partial charge in [-0.1, -0.05) is 17.7 Å². The first-order valence-electron chi connectivity index (χ1n) is 10.9. The van der Waals surface area contributed by atoms with Gasteiger partial charge >= 0.3 is 0 Å². The van der Waals surface area contributed by atoms with Crippen LogP contribution in [0.1, 0.15) is 29.6 Å². The maximum atomic E-state index is 12.8. The van der Waals surface area contributed by atoms with Crippen LogP contribution in [0.2, 0.25) is 5.02 Å². The molecule has 0 atom stereocenters. The molecule has 2 aromatic rings. The number of amides is 2. The summed E-state index contributed by atoms with van der Waals surface area (Å²) < 4.78 is 0. The fourth-order valence-electron chi connectivity index (χ4n) is 4.18. The highest BCUT2D eigenvalue weighted by molar-refractivity contribution is 6.30. The standard InChI is InChI=1S/C23H28ClN5O2/c24-18-6-4-7-19(16-18)27-12-14-28(15-13-27)21(30)17-26-23(31)20-8-5-9-25-22(20)29-10-2-1-3-11-29/h4-9,16H,1-3,10-15,17H2,(H,26,31). The molecular weight excluding hydrogens is 414 g/mol. The topological polar surface area (TPSA) is 68.8 Å². The number of piperidine rings is 1. The van der Waals surface area contributed by atoms with Gasteiger partial charge in [-0.15, -0.1) is 0 Å². The second kappa shape index (κ2) is 10.0. The van der Waals surface area contributed by atoms with Crippen LogP contribution >= 0.6 is 11.6 Å². The summed E-state index contributed by atoms with van der Waals surface area (Å²) in [6.45, 7) is 4.52. The Kier molecular flexibility index (Phi) is 6.92. The number of rotatable bonds is 5. The molecule has 0 spiro atoms. The molecular formula is C23H28ClN5O2. The quantitative estimate of drug-likeness (QED) is 0.772. The van der Waals surface area contributed by atoms with Crippen molar-refractivity contribution in [2.45, 2.75) is 19.3 Å². The van der Waals surface area contributed by atoms with Gasteiger partial charge in [0.1, 0.15) is 5.82 Å². The van der Waals surface area contributed by atoms with E-state index < -0.39 is 0 Å². The minimum absolute atomic E-state index is 0.00959. The minimum atomic E-state index is -0.250. The number of nitrogens with one attached hydrogen (secondary N) is 1. The second-order valence-corrected chi connectivity index (χ2v) is 8.39. The summed E-state index contributed by atoms with van der Waals surface area (Å²) in [7, 11) is 0. The number of halogens is 1. The predicted molar refractivity (Wildman–Crippen MR) is 123 cm³/mol. The van der Waals surface area contributed by atoms with Crippen LogP contribution in [0, 0.1) is 0 Å². The van der Waals surface area contributed by atoms with Gasteiger partial charge < -0.3 is 20.0 Å². The van der Waals surface area contributed by atoms with E-state index in [9.17, 15) is 9.59 Å². The van der Waals surface area contributed by atoms with Gasteiger partial charge in [0.2, 0.25) is 5.91 Å². The molecule has 2 saturated heterocycles. The van der Waals surface area contributed by atoms with Crippen molar-refractivity contribution >= 4 is 34.9 Å². The SMILES string of the molecule is O=C(NCC(=O)N1CCN(c2cccc(Cl)c2)CC1)c1cccnc1N1CCCCC1. The molecule has 0 radical (unpaired) electrons. The summed E-state index contributed by atoms with van der Waals surface area (Å²) in [5.74, 6) is 0.393. The Balaban J connectivity index is 1.30. The highest BCUT2D eigenvalue weighted by Crippen LogP contribution is 2.22.